The molecule has 7 heteroatoms. The number of carbonyl (C=O) groups is 1. The third-order valence-corrected chi connectivity index (χ3v) is 4.51. The van der Waals surface area contributed by atoms with E-state index in [1.165, 1.54) is 0 Å². The second-order valence-corrected chi connectivity index (χ2v) is 6.34. The Kier molecular flexibility index (Phi) is 7.33. The number of hydrogen-bond donors (Lipinski definition) is 0. The van der Waals surface area contributed by atoms with Crippen molar-refractivity contribution in [3.8, 4) is 5.75 Å². The van der Waals surface area contributed by atoms with Gasteiger partial charge < -0.3 is 19.1 Å². The summed E-state index contributed by atoms with van der Waals surface area (Å²) in [5.41, 5.74) is 0.716. The summed E-state index contributed by atoms with van der Waals surface area (Å²) in [5, 5.41) is 0. The molecule has 0 atom stereocenters. The Morgan fingerprint density at radius 2 is 1.85 bits per heavy atom. The summed E-state index contributed by atoms with van der Waals surface area (Å²) in [4.78, 5) is 21.2. The van der Waals surface area contributed by atoms with Gasteiger partial charge in [-0.2, -0.15) is 0 Å². The van der Waals surface area contributed by atoms with E-state index in [2.05, 4.69) is 16.8 Å². The molecule has 1 amide bonds. The molecule has 0 unspecified atom stereocenters. The number of rotatable bonds is 6. The van der Waals surface area contributed by atoms with E-state index in [1.54, 1.807) is 6.20 Å². The number of ether oxygens (including phenoxy) is 1. The molecule has 0 N–H and O–H groups in total. The first kappa shape index (κ1) is 20.1. The minimum absolute atomic E-state index is 0. The van der Waals surface area contributed by atoms with E-state index < -0.39 is 0 Å². The quantitative estimate of drug-likeness (QED) is 0.725. The van der Waals surface area contributed by atoms with Crippen molar-refractivity contribution in [1.29, 1.82) is 0 Å². The molecule has 0 radical (unpaired) electrons. The van der Waals surface area contributed by atoms with Crippen LogP contribution in [0.5, 0.6) is 5.75 Å². The van der Waals surface area contributed by atoms with Gasteiger partial charge in [-0.3, -0.25) is 4.79 Å². The van der Waals surface area contributed by atoms with Crippen LogP contribution in [0.1, 0.15) is 30.1 Å². The van der Waals surface area contributed by atoms with Crippen molar-refractivity contribution < 1.29 is 9.53 Å². The van der Waals surface area contributed by atoms with E-state index in [4.69, 9.17) is 4.74 Å². The standard InChI is InChI=1S/C19H26N4O2.ClH/c1-3-4-15-25-17-7-5-16(6-8-17)18(24)22-11-13-23(14-12-22)19-20-9-10-21(19)2;/h5-10H,3-4,11-15H2,1-2H3;1H. The number of anilines is 1. The van der Waals surface area contributed by atoms with Gasteiger partial charge in [-0.05, 0) is 30.7 Å². The first-order valence-electron chi connectivity index (χ1n) is 8.93. The topological polar surface area (TPSA) is 50.6 Å². The summed E-state index contributed by atoms with van der Waals surface area (Å²) in [7, 11) is 1.99. The van der Waals surface area contributed by atoms with E-state index >= 15 is 0 Å². The third-order valence-electron chi connectivity index (χ3n) is 4.51. The number of benzene rings is 1. The van der Waals surface area contributed by atoms with Crippen LogP contribution in [-0.4, -0.2) is 53.1 Å². The molecule has 2 heterocycles. The molecule has 1 aliphatic rings. The molecule has 1 fully saturated rings. The Morgan fingerprint density at radius 1 is 1.15 bits per heavy atom. The van der Waals surface area contributed by atoms with Crippen molar-refractivity contribution >= 4 is 24.3 Å². The van der Waals surface area contributed by atoms with Crippen molar-refractivity contribution in [3.05, 3.63) is 42.2 Å². The summed E-state index contributed by atoms with van der Waals surface area (Å²) < 4.78 is 7.66. The lowest BCUT2D eigenvalue weighted by Crippen LogP contribution is -2.49. The number of piperazine rings is 1. The predicted octanol–water partition coefficient (Wildman–Crippen LogP) is 2.98. The summed E-state index contributed by atoms with van der Waals surface area (Å²) in [6, 6.07) is 7.48. The molecule has 3 rings (SSSR count). The molecular formula is C19H27ClN4O2. The highest BCUT2D eigenvalue weighted by Crippen LogP contribution is 2.17. The molecule has 1 aromatic carbocycles. The first-order valence-corrected chi connectivity index (χ1v) is 8.93. The molecule has 1 aliphatic heterocycles. The average Bonchev–Trinajstić information content (AvgIpc) is 3.08. The highest BCUT2D eigenvalue weighted by atomic mass is 35.5. The van der Waals surface area contributed by atoms with Crippen LogP contribution in [0.25, 0.3) is 0 Å². The molecule has 1 aromatic heterocycles. The van der Waals surface area contributed by atoms with Gasteiger partial charge in [-0.25, -0.2) is 4.98 Å². The minimum atomic E-state index is 0. The van der Waals surface area contributed by atoms with Gasteiger partial charge in [0.1, 0.15) is 5.75 Å². The highest BCUT2D eigenvalue weighted by molar-refractivity contribution is 5.94. The number of nitrogens with zero attached hydrogens (tertiary/aromatic N) is 4. The number of amides is 1. The fourth-order valence-corrected chi connectivity index (χ4v) is 2.98. The van der Waals surface area contributed by atoms with Crippen LogP contribution in [-0.2, 0) is 7.05 Å². The molecule has 142 valence electrons. The van der Waals surface area contributed by atoms with Gasteiger partial charge in [0.05, 0.1) is 6.61 Å². The van der Waals surface area contributed by atoms with Gasteiger partial charge >= 0.3 is 0 Å². The Bertz CT molecular complexity index is 694. The van der Waals surface area contributed by atoms with Crippen molar-refractivity contribution in [3.63, 3.8) is 0 Å². The van der Waals surface area contributed by atoms with Crippen molar-refractivity contribution in [1.82, 2.24) is 14.5 Å². The molecule has 0 saturated carbocycles. The lowest BCUT2D eigenvalue weighted by molar-refractivity contribution is 0.0746. The number of halogens is 1. The third kappa shape index (κ3) is 4.69. The van der Waals surface area contributed by atoms with Crippen molar-refractivity contribution in [2.75, 3.05) is 37.7 Å². The number of imidazole rings is 1. The Hall–Kier alpha value is -2.21. The normalized spacial score (nSPS) is 14.1. The zero-order valence-electron chi connectivity index (χ0n) is 15.4. The van der Waals surface area contributed by atoms with Gasteiger partial charge in [-0.1, -0.05) is 13.3 Å². The average molecular weight is 379 g/mol. The van der Waals surface area contributed by atoms with E-state index in [0.29, 0.717) is 18.7 Å². The smallest absolute Gasteiger partial charge is 0.253 e. The number of aromatic nitrogens is 2. The van der Waals surface area contributed by atoms with Crippen molar-refractivity contribution in [2.45, 2.75) is 19.8 Å². The summed E-state index contributed by atoms with van der Waals surface area (Å²) in [6.45, 7) is 5.88. The first-order chi connectivity index (χ1) is 12.2. The van der Waals surface area contributed by atoms with Crippen LogP contribution in [0.3, 0.4) is 0 Å². The largest absolute Gasteiger partial charge is 0.494 e. The maximum absolute atomic E-state index is 12.7. The molecular weight excluding hydrogens is 352 g/mol. The van der Waals surface area contributed by atoms with E-state index in [-0.39, 0.29) is 18.3 Å². The van der Waals surface area contributed by atoms with Crippen LogP contribution in [0.15, 0.2) is 36.7 Å². The summed E-state index contributed by atoms with van der Waals surface area (Å²) in [6.07, 6.45) is 5.90. The molecule has 6 nitrogen and oxygen atoms in total. The van der Waals surface area contributed by atoms with Crippen LogP contribution < -0.4 is 9.64 Å². The summed E-state index contributed by atoms with van der Waals surface area (Å²) in [5.74, 6) is 1.87. The second kappa shape index (κ2) is 9.48. The molecule has 1 saturated heterocycles. The molecule has 0 aliphatic carbocycles. The molecule has 0 bridgehead atoms. The fourth-order valence-electron chi connectivity index (χ4n) is 2.98. The maximum atomic E-state index is 12.7. The number of unbranched alkanes of at least 4 members (excludes halogenated alkanes) is 1. The predicted molar refractivity (Wildman–Crippen MR) is 105 cm³/mol. The van der Waals surface area contributed by atoms with E-state index in [1.807, 2.05) is 47.0 Å². The zero-order valence-corrected chi connectivity index (χ0v) is 16.2. The highest BCUT2D eigenvalue weighted by Gasteiger charge is 2.23. The molecule has 0 spiro atoms. The number of carbonyl (C=O) groups excluding carboxylic acids is 1. The second-order valence-electron chi connectivity index (χ2n) is 6.34. The van der Waals surface area contributed by atoms with E-state index in [0.717, 1.165) is 44.2 Å². The van der Waals surface area contributed by atoms with Gasteiger partial charge in [0, 0.05) is 51.2 Å². The van der Waals surface area contributed by atoms with Crippen LogP contribution >= 0.6 is 12.4 Å². The van der Waals surface area contributed by atoms with Gasteiger partial charge in [0.25, 0.3) is 5.91 Å². The molecule has 26 heavy (non-hydrogen) atoms. The maximum Gasteiger partial charge on any atom is 0.253 e. The zero-order chi connectivity index (χ0) is 17.6. The van der Waals surface area contributed by atoms with Gasteiger partial charge in [-0.15, -0.1) is 12.4 Å². The number of aryl methyl sites for hydroxylation is 1. The van der Waals surface area contributed by atoms with Crippen LogP contribution in [0, 0.1) is 0 Å². The monoisotopic (exact) mass is 378 g/mol. The Labute approximate surface area is 161 Å². The van der Waals surface area contributed by atoms with E-state index in [9.17, 15) is 4.79 Å². The fraction of sp³-hybridized carbons (Fsp3) is 0.474. The SMILES string of the molecule is CCCCOc1ccc(C(=O)N2CCN(c3nccn3C)CC2)cc1.Cl. The van der Waals surface area contributed by atoms with Gasteiger partial charge in [0.15, 0.2) is 0 Å². The lowest BCUT2D eigenvalue weighted by Gasteiger charge is -2.35. The minimum Gasteiger partial charge on any atom is -0.494 e. The van der Waals surface area contributed by atoms with Crippen LogP contribution in [0.4, 0.5) is 5.95 Å². The lowest BCUT2D eigenvalue weighted by atomic mass is 10.1. The summed E-state index contributed by atoms with van der Waals surface area (Å²) >= 11 is 0. The Balaban J connectivity index is 0.00000243. The van der Waals surface area contributed by atoms with Gasteiger partial charge in [0.2, 0.25) is 5.95 Å². The van der Waals surface area contributed by atoms with Crippen LogP contribution in [0.2, 0.25) is 0 Å². The number of hydrogen-bond acceptors (Lipinski definition) is 4. The van der Waals surface area contributed by atoms with Crippen molar-refractivity contribution in [2.24, 2.45) is 7.05 Å². The molecule has 2 aromatic rings. The Morgan fingerprint density at radius 3 is 2.42 bits per heavy atom.